The van der Waals surface area contributed by atoms with Gasteiger partial charge in [-0.1, -0.05) is 13.8 Å². The number of Topliss-reactive ketones (excluding diaryl/α,β-unsaturated/α-hetero) is 1. The van der Waals surface area contributed by atoms with Crippen LogP contribution in [0.3, 0.4) is 0 Å². The van der Waals surface area contributed by atoms with E-state index in [9.17, 15) is 4.79 Å². The molecule has 0 aliphatic rings. The Kier molecular flexibility index (Phi) is 8.20. The van der Waals surface area contributed by atoms with Crippen LogP contribution < -0.4 is 5.32 Å². The van der Waals surface area contributed by atoms with Gasteiger partial charge in [0.05, 0.1) is 0 Å². The predicted molar refractivity (Wildman–Crippen MR) is 83.4 cm³/mol. The Bertz CT molecular complexity index is 225. The summed E-state index contributed by atoms with van der Waals surface area (Å²) in [4.78, 5) is 11.8. The van der Waals surface area contributed by atoms with Crippen molar-refractivity contribution in [2.75, 3.05) is 13.3 Å². The van der Waals surface area contributed by atoms with E-state index < -0.39 is 0 Å². The normalized spacial score (nSPS) is 12.8. The van der Waals surface area contributed by atoms with Gasteiger partial charge in [0.25, 0.3) is 0 Å². The molecule has 0 spiro atoms. The first-order valence-electron chi connectivity index (χ1n) is 6.98. The van der Waals surface area contributed by atoms with Crippen molar-refractivity contribution in [2.24, 2.45) is 0 Å². The fraction of sp³-hybridized carbons (Fsp3) is 0.933. The summed E-state index contributed by atoms with van der Waals surface area (Å²) in [5.74, 6) is 0.429. The van der Waals surface area contributed by atoms with E-state index in [1.807, 2.05) is 18.8 Å². The zero-order valence-corrected chi connectivity index (χ0v) is 13.9. The molecular formula is C15H31NOS. The van der Waals surface area contributed by atoms with Crippen molar-refractivity contribution in [3.63, 3.8) is 0 Å². The first-order valence-corrected chi connectivity index (χ1v) is 8.21. The lowest BCUT2D eigenvalue weighted by Crippen LogP contribution is -2.35. The molecule has 108 valence electrons. The Balaban J connectivity index is 3.67. The van der Waals surface area contributed by atoms with E-state index >= 15 is 0 Å². The summed E-state index contributed by atoms with van der Waals surface area (Å²) < 4.78 is 0.314. The standard InChI is InChI=1S/C15H31NOS/c1-14(2,16-5)11-7-9-13(17)10-8-12-15(3,4)18-6/h16H,7-12H2,1-6H3. The Hall–Kier alpha value is -0.0200. The van der Waals surface area contributed by atoms with Crippen LogP contribution in [0.2, 0.25) is 0 Å². The molecule has 0 fully saturated rings. The third-order valence-electron chi connectivity index (χ3n) is 3.72. The second kappa shape index (κ2) is 8.21. The molecule has 3 heteroatoms. The van der Waals surface area contributed by atoms with E-state index in [0.29, 0.717) is 10.5 Å². The highest BCUT2D eigenvalue weighted by Gasteiger charge is 2.17. The van der Waals surface area contributed by atoms with Crippen LogP contribution in [0.25, 0.3) is 0 Å². The van der Waals surface area contributed by atoms with Crippen molar-refractivity contribution in [1.82, 2.24) is 5.32 Å². The van der Waals surface area contributed by atoms with Crippen molar-refractivity contribution >= 4 is 17.5 Å². The van der Waals surface area contributed by atoms with Gasteiger partial charge in [0.2, 0.25) is 0 Å². The highest BCUT2D eigenvalue weighted by molar-refractivity contribution is 7.99. The molecule has 0 unspecified atom stereocenters. The Labute approximate surface area is 118 Å². The van der Waals surface area contributed by atoms with Crippen LogP contribution in [0.15, 0.2) is 0 Å². The van der Waals surface area contributed by atoms with Crippen molar-refractivity contribution in [1.29, 1.82) is 0 Å². The second-order valence-electron chi connectivity index (χ2n) is 6.34. The quantitative estimate of drug-likeness (QED) is 0.651. The molecule has 0 aromatic rings. The highest BCUT2D eigenvalue weighted by atomic mass is 32.2. The lowest BCUT2D eigenvalue weighted by molar-refractivity contribution is -0.119. The van der Waals surface area contributed by atoms with E-state index in [4.69, 9.17) is 0 Å². The van der Waals surface area contributed by atoms with E-state index in [2.05, 4.69) is 39.3 Å². The molecular weight excluding hydrogens is 242 g/mol. The number of nitrogens with one attached hydrogen (secondary N) is 1. The molecule has 0 aromatic heterocycles. The highest BCUT2D eigenvalue weighted by Crippen LogP contribution is 2.27. The fourth-order valence-electron chi connectivity index (χ4n) is 1.79. The van der Waals surface area contributed by atoms with Crippen molar-refractivity contribution < 1.29 is 4.79 Å². The maximum Gasteiger partial charge on any atom is 0.132 e. The number of carbonyl (C=O) groups is 1. The van der Waals surface area contributed by atoms with Crippen molar-refractivity contribution in [2.45, 2.75) is 76.5 Å². The van der Waals surface area contributed by atoms with Crippen LogP contribution in [0.1, 0.15) is 66.2 Å². The SMILES string of the molecule is CNC(C)(C)CCCC(=O)CCCC(C)(C)SC. The maximum absolute atomic E-state index is 11.8. The molecule has 2 nitrogen and oxygen atoms in total. The molecule has 0 heterocycles. The van der Waals surface area contributed by atoms with E-state index in [0.717, 1.165) is 38.5 Å². The molecule has 0 aromatic carbocycles. The molecule has 0 radical (unpaired) electrons. The van der Waals surface area contributed by atoms with Gasteiger partial charge < -0.3 is 5.32 Å². The van der Waals surface area contributed by atoms with Gasteiger partial charge in [0.1, 0.15) is 5.78 Å². The lowest BCUT2D eigenvalue weighted by Gasteiger charge is -2.23. The van der Waals surface area contributed by atoms with Gasteiger partial charge in [-0.15, -0.1) is 0 Å². The third-order valence-corrected chi connectivity index (χ3v) is 5.03. The lowest BCUT2D eigenvalue weighted by atomic mass is 9.95. The summed E-state index contributed by atoms with van der Waals surface area (Å²) >= 11 is 1.88. The minimum Gasteiger partial charge on any atom is -0.315 e. The summed E-state index contributed by atoms with van der Waals surface area (Å²) in [5.41, 5.74) is 0.154. The molecule has 0 aliphatic carbocycles. The number of hydrogen-bond acceptors (Lipinski definition) is 3. The van der Waals surface area contributed by atoms with E-state index in [1.54, 1.807) is 0 Å². The molecule has 18 heavy (non-hydrogen) atoms. The monoisotopic (exact) mass is 273 g/mol. The molecule has 0 saturated carbocycles. The Morgan fingerprint density at radius 3 is 2.00 bits per heavy atom. The maximum atomic E-state index is 11.8. The largest absolute Gasteiger partial charge is 0.315 e. The molecule has 1 N–H and O–H groups in total. The molecule has 0 amide bonds. The summed E-state index contributed by atoms with van der Waals surface area (Å²) in [6.07, 6.45) is 7.85. The van der Waals surface area contributed by atoms with Gasteiger partial charge in [-0.25, -0.2) is 0 Å². The Morgan fingerprint density at radius 2 is 1.56 bits per heavy atom. The summed E-state index contributed by atoms with van der Waals surface area (Å²) in [7, 11) is 1.98. The first-order chi connectivity index (χ1) is 8.22. The molecule has 0 aliphatic heterocycles. The molecule has 0 saturated heterocycles. The molecule has 0 atom stereocenters. The number of carbonyl (C=O) groups excluding carboxylic acids is 1. The average molecular weight is 273 g/mol. The third kappa shape index (κ3) is 8.98. The van der Waals surface area contributed by atoms with Gasteiger partial charge in [0, 0.05) is 23.1 Å². The number of rotatable bonds is 10. The number of thioether (sulfide) groups is 1. The van der Waals surface area contributed by atoms with Crippen LogP contribution in [-0.4, -0.2) is 29.4 Å². The Morgan fingerprint density at radius 1 is 1.06 bits per heavy atom. The molecule has 0 bridgehead atoms. The van der Waals surface area contributed by atoms with Crippen LogP contribution in [-0.2, 0) is 4.79 Å². The zero-order valence-electron chi connectivity index (χ0n) is 13.1. The minimum absolute atomic E-state index is 0.154. The van der Waals surface area contributed by atoms with Gasteiger partial charge >= 0.3 is 0 Å². The van der Waals surface area contributed by atoms with Gasteiger partial charge in [-0.3, -0.25) is 4.79 Å². The average Bonchev–Trinajstić information content (AvgIpc) is 2.28. The first kappa shape index (κ1) is 18.0. The topological polar surface area (TPSA) is 29.1 Å². The minimum atomic E-state index is 0.154. The summed E-state index contributed by atoms with van der Waals surface area (Å²) in [6, 6.07) is 0. The van der Waals surface area contributed by atoms with Gasteiger partial charge in [-0.2, -0.15) is 11.8 Å². The second-order valence-corrected chi connectivity index (χ2v) is 7.86. The smallest absolute Gasteiger partial charge is 0.132 e. The van der Waals surface area contributed by atoms with Gasteiger partial charge in [-0.05, 0) is 52.8 Å². The molecule has 0 rings (SSSR count). The zero-order chi connectivity index (χ0) is 14.2. The van der Waals surface area contributed by atoms with Crippen LogP contribution >= 0.6 is 11.8 Å². The van der Waals surface area contributed by atoms with Crippen molar-refractivity contribution in [3.05, 3.63) is 0 Å². The van der Waals surface area contributed by atoms with E-state index in [1.165, 1.54) is 0 Å². The van der Waals surface area contributed by atoms with Crippen LogP contribution in [0, 0.1) is 0 Å². The van der Waals surface area contributed by atoms with Crippen LogP contribution in [0.4, 0.5) is 0 Å². The number of hydrogen-bond donors (Lipinski definition) is 1. The number of ketones is 1. The van der Waals surface area contributed by atoms with E-state index in [-0.39, 0.29) is 5.54 Å². The predicted octanol–water partition coefficient (Wildman–Crippen LogP) is 4.04. The summed E-state index contributed by atoms with van der Waals surface area (Å²) in [5, 5.41) is 3.27. The summed E-state index contributed by atoms with van der Waals surface area (Å²) in [6.45, 7) is 8.85. The fourth-order valence-corrected chi connectivity index (χ4v) is 2.14. The van der Waals surface area contributed by atoms with Gasteiger partial charge in [0.15, 0.2) is 0 Å². The van der Waals surface area contributed by atoms with Crippen molar-refractivity contribution in [3.8, 4) is 0 Å². The van der Waals surface area contributed by atoms with Crippen LogP contribution in [0.5, 0.6) is 0 Å².